The van der Waals surface area contributed by atoms with Crippen LogP contribution >= 0.6 is 15.9 Å². The molecule has 0 bridgehead atoms. The highest BCUT2D eigenvalue weighted by Gasteiger charge is 2.33. The van der Waals surface area contributed by atoms with Gasteiger partial charge in [0.25, 0.3) is 11.6 Å². The molecule has 0 unspecified atom stereocenters. The van der Waals surface area contributed by atoms with Gasteiger partial charge in [-0.1, -0.05) is 29.8 Å². The Bertz CT molecular complexity index is 1000. The summed E-state index contributed by atoms with van der Waals surface area (Å²) in [5.41, 5.74) is 1.50. The van der Waals surface area contributed by atoms with Gasteiger partial charge in [0, 0.05) is 17.7 Å². The number of hydrogen-bond donors (Lipinski definition) is 2. The van der Waals surface area contributed by atoms with E-state index in [1.165, 1.54) is 6.08 Å². The molecule has 0 atom stereocenters. The van der Waals surface area contributed by atoms with E-state index in [9.17, 15) is 24.8 Å². The molecule has 1 heterocycles. The van der Waals surface area contributed by atoms with Crippen LogP contribution in [0.25, 0.3) is 6.08 Å². The summed E-state index contributed by atoms with van der Waals surface area (Å²) >= 11 is 3.04. The molecule has 2 N–H and O–H groups in total. The highest BCUT2D eigenvalue weighted by molar-refractivity contribution is 9.10. The topological polar surface area (TPSA) is 113 Å². The van der Waals surface area contributed by atoms with Crippen molar-refractivity contribution in [1.82, 2.24) is 10.2 Å². The fourth-order valence-corrected chi connectivity index (χ4v) is 3.15. The molecule has 1 aliphatic heterocycles. The monoisotopic (exact) mass is 431 g/mol. The van der Waals surface area contributed by atoms with Crippen LogP contribution in [0.2, 0.25) is 0 Å². The van der Waals surface area contributed by atoms with Crippen LogP contribution < -0.4 is 5.32 Å². The van der Waals surface area contributed by atoms with Crippen LogP contribution in [0.3, 0.4) is 0 Å². The number of rotatable bonds is 4. The quantitative estimate of drug-likeness (QED) is 0.333. The smallest absolute Gasteiger partial charge is 0.329 e. The minimum absolute atomic E-state index is 0.0390. The van der Waals surface area contributed by atoms with Gasteiger partial charge in [-0.2, -0.15) is 0 Å². The minimum Gasteiger partial charge on any atom is -0.506 e. The van der Waals surface area contributed by atoms with Gasteiger partial charge in [0.2, 0.25) is 0 Å². The maximum absolute atomic E-state index is 12.6. The van der Waals surface area contributed by atoms with Crippen LogP contribution in [0.5, 0.6) is 5.75 Å². The van der Waals surface area contributed by atoms with E-state index < -0.39 is 16.9 Å². The second-order valence-electron chi connectivity index (χ2n) is 5.99. The Morgan fingerprint density at radius 3 is 2.70 bits per heavy atom. The first kappa shape index (κ1) is 18.6. The number of hydrogen-bond acceptors (Lipinski definition) is 5. The molecular formula is C18H14BrN3O5. The highest BCUT2D eigenvalue weighted by Crippen LogP contribution is 2.34. The summed E-state index contributed by atoms with van der Waals surface area (Å²) in [5.74, 6) is -0.851. The minimum atomic E-state index is -0.620. The van der Waals surface area contributed by atoms with Crippen LogP contribution in [-0.4, -0.2) is 26.9 Å². The second-order valence-corrected chi connectivity index (χ2v) is 6.85. The summed E-state index contributed by atoms with van der Waals surface area (Å²) in [7, 11) is 0. The molecular weight excluding hydrogens is 418 g/mol. The van der Waals surface area contributed by atoms with Gasteiger partial charge in [0.05, 0.1) is 15.9 Å². The zero-order valence-electron chi connectivity index (χ0n) is 14.1. The summed E-state index contributed by atoms with van der Waals surface area (Å²) in [4.78, 5) is 36.1. The van der Waals surface area contributed by atoms with Crippen molar-refractivity contribution in [2.45, 2.75) is 13.5 Å². The van der Waals surface area contributed by atoms with Crippen molar-refractivity contribution in [2.75, 3.05) is 0 Å². The lowest BCUT2D eigenvalue weighted by atomic mass is 10.1. The zero-order valence-corrected chi connectivity index (χ0v) is 15.7. The number of non-ortho nitro benzene ring substituents is 1. The molecule has 3 amide bonds. The molecule has 3 rings (SSSR count). The van der Waals surface area contributed by atoms with Crippen molar-refractivity contribution in [2.24, 2.45) is 0 Å². The Balaban J connectivity index is 1.92. The van der Waals surface area contributed by atoms with Crippen molar-refractivity contribution in [3.63, 3.8) is 0 Å². The van der Waals surface area contributed by atoms with Crippen LogP contribution in [0.1, 0.15) is 16.7 Å². The van der Waals surface area contributed by atoms with Gasteiger partial charge in [0.15, 0.2) is 0 Å². The third-order valence-electron chi connectivity index (χ3n) is 3.97. The molecule has 138 valence electrons. The Labute approximate surface area is 162 Å². The van der Waals surface area contributed by atoms with Crippen molar-refractivity contribution >= 4 is 39.6 Å². The first-order valence-electron chi connectivity index (χ1n) is 7.83. The molecule has 0 radical (unpaired) electrons. The van der Waals surface area contributed by atoms with E-state index in [0.717, 1.165) is 28.2 Å². The fourth-order valence-electron chi connectivity index (χ4n) is 2.68. The van der Waals surface area contributed by atoms with Crippen molar-refractivity contribution in [1.29, 1.82) is 0 Å². The van der Waals surface area contributed by atoms with Gasteiger partial charge < -0.3 is 10.4 Å². The van der Waals surface area contributed by atoms with E-state index in [0.29, 0.717) is 0 Å². The molecule has 2 aromatic rings. The zero-order chi connectivity index (χ0) is 19.7. The predicted octanol–water partition coefficient (Wildman–Crippen LogP) is 3.46. The number of phenols is 1. The number of carbonyl (C=O) groups excluding carboxylic acids is 2. The SMILES string of the molecule is Cc1cccc(CN2C(=O)N/C(=C/c3cc([N+](=O)[O-])cc(Br)c3O)C2=O)c1. The molecule has 1 fully saturated rings. The number of nitro groups is 1. The lowest BCUT2D eigenvalue weighted by molar-refractivity contribution is -0.385. The average molecular weight is 432 g/mol. The summed E-state index contributed by atoms with van der Waals surface area (Å²) in [5, 5.41) is 23.5. The van der Waals surface area contributed by atoms with Crippen LogP contribution in [-0.2, 0) is 11.3 Å². The largest absolute Gasteiger partial charge is 0.506 e. The first-order valence-corrected chi connectivity index (χ1v) is 8.62. The summed E-state index contributed by atoms with van der Waals surface area (Å²) < 4.78 is 0.108. The van der Waals surface area contributed by atoms with E-state index in [-0.39, 0.29) is 33.7 Å². The highest BCUT2D eigenvalue weighted by atomic mass is 79.9. The molecule has 1 aliphatic rings. The number of aromatic hydroxyl groups is 1. The summed E-state index contributed by atoms with van der Waals surface area (Å²) in [6.45, 7) is 2.00. The van der Waals surface area contributed by atoms with Gasteiger partial charge in [-0.15, -0.1) is 0 Å². The lowest BCUT2D eigenvalue weighted by Gasteiger charge is -2.12. The Kier molecular flexibility index (Phi) is 4.95. The number of urea groups is 1. The number of phenolic OH excluding ortho intramolecular Hbond substituents is 1. The van der Waals surface area contributed by atoms with Crippen LogP contribution in [0, 0.1) is 17.0 Å². The van der Waals surface area contributed by atoms with E-state index in [1.54, 1.807) is 6.07 Å². The number of nitro benzene ring substituents is 1. The standard InChI is InChI=1S/C18H14BrN3O5/c1-10-3-2-4-11(5-10)9-21-17(24)15(20-18(21)25)7-12-6-13(22(26)27)8-14(19)16(12)23/h2-8,23H,9H2,1H3,(H,20,25)/b15-7+. The molecule has 0 spiro atoms. The van der Waals surface area contributed by atoms with Gasteiger partial charge >= 0.3 is 6.03 Å². The summed E-state index contributed by atoms with van der Waals surface area (Å²) in [6.07, 6.45) is 1.21. The van der Waals surface area contributed by atoms with Gasteiger partial charge in [-0.25, -0.2) is 4.79 Å². The van der Waals surface area contributed by atoms with Crippen LogP contribution in [0.15, 0.2) is 46.6 Å². The van der Waals surface area contributed by atoms with Crippen LogP contribution in [0.4, 0.5) is 10.5 Å². The molecule has 8 nitrogen and oxygen atoms in total. The van der Waals surface area contributed by atoms with Gasteiger partial charge in [-0.3, -0.25) is 19.8 Å². The number of nitrogens with zero attached hydrogens (tertiary/aromatic N) is 2. The molecule has 0 aromatic heterocycles. The van der Waals surface area contributed by atoms with E-state index in [4.69, 9.17) is 0 Å². The lowest BCUT2D eigenvalue weighted by Crippen LogP contribution is -2.30. The van der Waals surface area contributed by atoms with Crippen molar-refractivity contribution in [3.05, 3.63) is 73.4 Å². The van der Waals surface area contributed by atoms with E-state index in [2.05, 4.69) is 21.2 Å². The van der Waals surface area contributed by atoms with Crippen molar-refractivity contribution in [3.8, 4) is 5.75 Å². The third kappa shape index (κ3) is 3.82. The molecule has 27 heavy (non-hydrogen) atoms. The molecule has 2 aromatic carbocycles. The second kappa shape index (κ2) is 7.20. The average Bonchev–Trinajstić information content (AvgIpc) is 2.86. The third-order valence-corrected chi connectivity index (χ3v) is 4.58. The maximum Gasteiger partial charge on any atom is 0.329 e. The number of nitrogens with one attached hydrogen (secondary N) is 1. The Hall–Kier alpha value is -3.20. The maximum atomic E-state index is 12.6. The Morgan fingerprint density at radius 1 is 1.30 bits per heavy atom. The molecule has 9 heteroatoms. The normalized spacial score (nSPS) is 15.3. The fraction of sp³-hybridized carbons (Fsp3) is 0.111. The summed E-state index contributed by atoms with van der Waals surface area (Å²) in [6, 6.07) is 9.08. The number of aryl methyl sites for hydroxylation is 1. The van der Waals surface area contributed by atoms with Crippen molar-refractivity contribution < 1.29 is 19.6 Å². The van der Waals surface area contributed by atoms with Gasteiger partial charge in [-0.05, 0) is 34.5 Å². The number of benzene rings is 2. The number of halogens is 1. The number of amides is 3. The van der Waals surface area contributed by atoms with E-state index >= 15 is 0 Å². The Morgan fingerprint density at radius 2 is 2.04 bits per heavy atom. The molecule has 0 aliphatic carbocycles. The first-order chi connectivity index (χ1) is 12.8. The number of carbonyl (C=O) groups is 2. The predicted molar refractivity (Wildman–Crippen MR) is 101 cm³/mol. The molecule has 1 saturated heterocycles. The molecule has 0 saturated carbocycles. The van der Waals surface area contributed by atoms with E-state index in [1.807, 2.05) is 25.1 Å². The number of imide groups is 1. The van der Waals surface area contributed by atoms with Gasteiger partial charge in [0.1, 0.15) is 11.4 Å².